The van der Waals surface area contributed by atoms with Crippen molar-refractivity contribution in [2.45, 2.75) is 39.2 Å². The second-order valence-corrected chi connectivity index (χ2v) is 9.61. The van der Waals surface area contributed by atoms with Crippen molar-refractivity contribution in [2.24, 2.45) is 5.41 Å². The molecule has 0 aliphatic carbocycles. The van der Waals surface area contributed by atoms with Gasteiger partial charge in [0, 0.05) is 19.6 Å². The summed E-state index contributed by atoms with van der Waals surface area (Å²) in [5, 5.41) is 0. The van der Waals surface area contributed by atoms with Gasteiger partial charge in [0.15, 0.2) is 0 Å². The highest BCUT2D eigenvalue weighted by Gasteiger charge is 2.50. The van der Waals surface area contributed by atoms with Crippen molar-refractivity contribution in [3.05, 3.63) is 65.7 Å². The Morgan fingerprint density at radius 1 is 1.00 bits per heavy atom. The molecule has 0 spiro atoms. The standard InChI is InChI=1S/C27H32N2O7/c1-27(2,25(31)35-16-20-9-11-21(33-3)12-10-20)18-28-15-22-23(24(28)30)29(13-14-34-22)26(32)36-17-19-7-5-4-6-8-19/h4-12,22-23H,13-18H2,1-3H3/t22-,23-/m0/s1. The molecule has 0 unspecified atom stereocenters. The molecule has 0 bridgehead atoms. The van der Waals surface area contributed by atoms with E-state index in [9.17, 15) is 14.4 Å². The van der Waals surface area contributed by atoms with E-state index in [0.717, 1.165) is 16.9 Å². The van der Waals surface area contributed by atoms with Crippen LogP contribution in [-0.2, 0) is 37.0 Å². The Morgan fingerprint density at radius 2 is 1.67 bits per heavy atom. The van der Waals surface area contributed by atoms with E-state index < -0.39 is 29.6 Å². The van der Waals surface area contributed by atoms with Crippen LogP contribution in [0.5, 0.6) is 5.75 Å². The van der Waals surface area contributed by atoms with Crippen molar-refractivity contribution in [1.29, 1.82) is 0 Å². The summed E-state index contributed by atoms with van der Waals surface area (Å²) < 4.78 is 21.9. The van der Waals surface area contributed by atoms with Crippen LogP contribution < -0.4 is 4.74 Å². The van der Waals surface area contributed by atoms with Crippen molar-refractivity contribution in [1.82, 2.24) is 9.80 Å². The fourth-order valence-corrected chi connectivity index (χ4v) is 4.43. The Bertz CT molecular complexity index is 1070. The molecule has 192 valence electrons. The first kappa shape index (κ1) is 25.5. The van der Waals surface area contributed by atoms with E-state index in [1.165, 1.54) is 4.90 Å². The second-order valence-electron chi connectivity index (χ2n) is 9.61. The van der Waals surface area contributed by atoms with Gasteiger partial charge in [-0.1, -0.05) is 42.5 Å². The first-order chi connectivity index (χ1) is 17.3. The smallest absolute Gasteiger partial charge is 0.410 e. The average molecular weight is 497 g/mol. The summed E-state index contributed by atoms with van der Waals surface area (Å²) in [6.07, 6.45) is -1.02. The van der Waals surface area contributed by atoms with Crippen LogP contribution >= 0.6 is 0 Å². The first-order valence-electron chi connectivity index (χ1n) is 12.0. The number of carbonyl (C=O) groups excluding carboxylic acids is 3. The molecule has 36 heavy (non-hydrogen) atoms. The number of methoxy groups -OCH3 is 1. The summed E-state index contributed by atoms with van der Waals surface area (Å²) in [4.78, 5) is 42.0. The number of hydrogen-bond donors (Lipinski definition) is 0. The molecule has 4 rings (SSSR count). The van der Waals surface area contributed by atoms with Crippen LogP contribution in [0.4, 0.5) is 4.79 Å². The number of morpholine rings is 1. The van der Waals surface area contributed by atoms with Gasteiger partial charge in [0.25, 0.3) is 0 Å². The highest BCUT2D eigenvalue weighted by molar-refractivity contribution is 5.89. The number of esters is 1. The van der Waals surface area contributed by atoms with E-state index in [4.69, 9.17) is 18.9 Å². The molecule has 2 saturated heterocycles. The molecule has 2 amide bonds. The van der Waals surface area contributed by atoms with Gasteiger partial charge in [-0.3, -0.25) is 14.5 Å². The molecule has 9 nitrogen and oxygen atoms in total. The van der Waals surface area contributed by atoms with Crippen LogP contribution in [-0.4, -0.2) is 73.3 Å². The van der Waals surface area contributed by atoms with Gasteiger partial charge in [-0.2, -0.15) is 0 Å². The molecule has 2 aliphatic rings. The van der Waals surface area contributed by atoms with Crippen molar-refractivity contribution in [3.63, 3.8) is 0 Å². The topological polar surface area (TPSA) is 94.6 Å². The second kappa shape index (κ2) is 11.0. The normalized spacial score (nSPS) is 19.6. The molecule has 2 aliphatic heterocycles. The van der Waals surface area contributed by atoms with Gasteiger partial charge in [-0.05, 0) is 37.1 Å². The van der Waals surface area contributed by atoms with Gasteiger partial charge >= 0.3 is 12.1 Å². The molecule has 0 saturated carbocycles. The van der Waals surface area contributed by atoms with E-state index >= 15 is 0 Å². The Kier molecular flexibility index (Phi) is 7.79. The molecule has 0 aromatic heterocycles. The maximum atomic E-state index is 13.3. The van der Waals surface area contributed by atoms with Gasteiger partial charge in [0.05, 0.1) is 19.1 Å². The number of likely N-dealkylation sites (tertiary alicyclic amines) is 1. The summed E-state index contributed by atoms with van der Waals surface area (Å²) in [6.45, 7) is 4.75. The number of fused-ring (bicyclic) bond motifs is 1. The van der Waals surface area contributed by atoms with Crippen LogP contribution in [0.1, 0.15) is 25.0 Å². The lowest BCUT2D eigenvalue weighted by Gasteiger charge is -2.34. The fraction of sp³-hybridized carbons (Fsp3) is 0.444. The zero-order chi connectivity index (χ0) is 25.7. The minimum absolute atomic E-state index is 0.121. The summed E-state index contributed by atoms with van der Waals surface area (Å²) >= 11 is 0. The Morgan fingerprint density at radius 3 is 2.36 bits per heavy atom. The Labute approximate surface area is 210 Å². The molecular weight excluding hydrogens is 464 g/mol. The van der Waals surface area contributed by atoms with Gasteiger partial charge in [0.1, 0.15) is 31.1 Å². The molecular formula is C27H32N2O7. The number of hydrogen-bond acceptors (Lipinski definition) is 7. The lowest BCUT2D eigenvalue weighted by molar-refractivity contribution is -0.157. The SMILES string of the molecule is COc1ccc(COC(=O)C(C)(C)CN2C[C@@H]3OCCN(C(=O)OCc4ccccc4)[C@@H]3C2=O)cc1. The fourth-order valence-electron chi connectivity index (χ4n) is 4.43. The van der Waals surface area contributed by atoms with Crippen molar-refractivity contribution >= 4 is 18.0 Å². The number of ether oxygens (including phenoxy) is 4. The maximum absolute atomic E-state index is 13.3. The lowest BCUT2D eigenvalue weighted by atomic mass is 9.93. The van der Waals surface area contributed by atoms with Gasteiger partial charge in [-0.25, -0.2) is 4.79 Å². The van der Waals surface area contributed by atoms with Crippen molar-refractivity contribution in [2.75, 3.05) is 33.4 Å². The van der Waals surface area contributed by atoms with Gasteiger partial charge < -0.3 is 23.8 Å². The van der Waals surface area contributed by atoms with Crippen LogP contribution in [0.15, 0.2) is 54.6 Å². The van der Waals surface area contributed by atoms with E-state index in [0.29, 0.717) is 13.2 Å². The van der Waals surface area contributed by atoms with E-state index in [1.807, 2.05) is 42.5 Å². The van der Waals surface area contributed by atoms with Crippen LogP contribution in [0.2, 0.25) is 0 Å². The summed E-state index contributed by atoms with van der Waals surface area (Å²) in [6, 6.07) is 15.9. The van der Waals surface area contributed by atoms with Gasteiger partial charge in [-0.15, -0.1) is 0 Å². The third-order valence-corrected chi connectivity index (χ3v) is 6.42. The highest BCUT2D eigenvalue weighted by Crippen LogP contribution is 2.29. The summed E-state index contributed by atoms with van der Waals surface area (Å²) in [7, 11) is 1.59. The largest absolute Gasteiger partial charge is 0.497 e. The van der Waals surface area contributed by atoms with Gasteiger partial charge in [0.2, 0.25) is 5.91 Å². The number of nitrogens with zero attached hydrogens (tertiary/aromatic N) is 2. The molecule has 2 atom stereocenters. The van der Waals surface area contributed by atoms with E-state index in [-0.39, 0.29) is 32.2 Å². The highest BCUT2D eigenvalue weighted by atomic mass is 16.6. The zero-order valence-corrected chi connectivity index (χ0v) is 20.8. The minimum Gasteiger partial charge on any atom is -0.497 e. The monoisotopic (exact) mass is 496 g/mol. The predicted molar refractivity (Wildman–Crippen MR) is 130 cm³/mol. The minimum atomic E-state index is -0.950. The molecule has 2 heterocycles. The summed E-state index contributed by atoms with van der Waals surface area (Å²) in [5.74, 6) is 0.0491. The van der Waals surface area contributed by atoms with Crippen molar-refractivity contribution < 1.29 is 33.3 Å². The van der Waals surface area contributed by atoms with Crippen LogP contribution in [0.25, 0.3) is 0 Å². The molecule has 9 heteroatoms. The molecule has 2 aromatic carbocycles. The predicted octanol–water partition coefficient (Wildman–Crippen LogP) is 3.01. The Hall–Kier alpha value is -3.59. The van der Waals surface area contributed by atoms with Crippen molar-refractivity contribution in [3.8, 4) is 5.75 Å². The molecule has 2 fully saturated rings. The quantitative estimate of drug-likeness (QED) is 0.519. The maximum Gasteiger partial charge on any atom is 0.410 e. The number of amides is 2. The zero-order valence-electron chi connectivity index (χ0n) is 20.8. The van der Waals surface area contributed by atoms with Crippen LogP contribution in [0, 0.1) is 5.41 Å². The number of rotatable bonds is 8. The molecule has 0 radical (unpaired) electrons. The molecule has 0 N–H and O–H groups in total. The number of benzene rings is 2. The van der Waals surface area contributed by atoms with Crippen LogP contribution in [0.3, 0.4) is 0 Å². The molecule has 2 aromatic rings. The third kappa shape index (κ3) is 5.79. The Balaban J connectivity index is 1.34. The average Bonchev–Trinajstić information content (AvgIpc) is 3.21. The number of carbonyl (C=O) groups is 3. The van der Waals surface area contributed by atoms with E-state index in [2.05, 4.69) is 0 Å². The summed E-state index contributed by atoms with van der Waals surface area (Å²) in [5.41, 5.74) is 0.750. The lowest BCUT2D eigenvalue weighted by Crippen LogP contribution is -2.55. The first-order valence-corrected chi connectivity index (χ1v) is 12.0. The third-order valence-electron chi connectivity index (χ3n) is 6.42. The van der Waals surface area contributed by atoms with E-state index in [1.54, 1.807) is 38.0 Å².